The van der Waals surface area contributed by atoms with Gasteiger partial charge in [-0.2, -0.15) is 0 Å². The molecule has 0 unspecified atom stereocenters. The van der Waals surface area contributed by atoms with Crippen LogP contribution in [-0.4, -0.2) is 30.2 Å². The number of hydrogen-bond donors (Lipinski definition) is 2. The molecule has 0 bridgehead atoms. The third kappa shape index (κ3) is 8.75. The Kier molecular flexibility index (Phi) is 10.1. The van der Waals surface area contributed by atoms with Crippen LogP contribution >= 0.6 is 0 Å². The number of carbonyl (C=O) groups excluding carboxylic acids is 1. The Hall–Kier alpha value is -4.58. The van der Waals surface area contributed by atoms with Crippen molar-refractivity contribution in [1.82, 2.24) is 5.32 Å². The molecule has 0 aliphatic heterocycles. The lowest BCUT2D eigenvalue weighted by Crippen LogP contribution is -2.23. The SMILES string of the molecule is O=C(O)CCc1ccc(OCCCCOc2ccc(-c3ccccc3)cc2)cc1CNC(=O)c1ccccc1. The molecule has 6 nitrogen and oxygen atoms in total. The van der Waals surface area contributed by atoms with Gasteiger partial charge in [-0.05, 0) is 77.9 Å². The molecule has 0 aromatic heterocycles. The van der Waals surface area contributed by atoms with Crippen molar-refractivity contribution in [1.29, 1.82) is 0 Å². The van der Waals surface area contributed by atoms with Crippen LogP contribution in [0.2, 0.25) is 0 Å². The molecule has 0 aliphatic carbocycles. The highest BCUT2D eigenvalue weighted by Gasteiger charge is 2.10. The topological polar surface area (TPSA) is 84.9 Å². The van der Waals surface area contributed by atoms with E-state index in [-0.39, 0.29) is 18.9 Å². The van der Waals surface area contributed by atoms with Gasteiger partial charge in [-0.1, -0.05) is 66.7 Å². The van der Waals surface area contributed by atoms with Gasteiger partial charge in [-0.15, -0.1) is 0 Å². The molecule has 4 aromatic carbocycles. The van der Waals surface area contributed by atoms with E-state index in [1.807, 2.05) is 66.7 Å². The van der Waals surface area contributed by atoms with Crippen molar-refractivity contribution in [3.63, 3.8) is 0 Å². The minimum atomic E-state index is -0.857. The highest BCUT2D eigenvalue weighted by molar-refractivity contribution is 5.94. The first-order valence-corrected chi connectivity index (χ1v) is 13.2. The van der Waals surface area contributed by atoms with Crippen LogP contribution < -0.4 is 14.8 Å². The maximum atomic E-state index is 12.5. The number of nitrogens with one attached hydrogen (secondary N) is 1. The quantitative estimate of drug-likeness (QED) is 0.183. The highest BCUT2D eigenvalue weighted by atomic mass is 16.5. The van der Waals surface area contributed by atoms with E-state index in [0.717, 1.165) is 35.3 Å². The molecule has 0 heterocycles. The van der Waals surface area contributed by atoms with Crippen molar-refractivity contribution in [2.45, 2.75) is 32.2 Å². The molecule has 6 heteroatoms. The van der Waals surface area contributed by atoms with Crippen molar-refractivity contribution < 1.29 is 24.2 Å². The van der Waals surface area contributed by atoms with Gasteiger partial charge in [0, 0.05) is 18.5 Å². The number of carboxylic acid groups (broad SMARTS) is 1. The Bertz CT molecular complexity index is 1340. The average molecular weight is 524 g/mol. The van der Waals surface area contributed by atoms with Gasteiger partial charge in [-0.25, -0.2) is 0 Å². The minimum Gasteiger partial charge on any atom is -0.494 e. The van der Waals surface area contributed by atoms with Gasteiger partial charge < -0.3 is 19.9 Å². The molecule has 4 aromatic rings. The number of benzene rings is 4. The summed E-state index contributed by atoms with van der Waals surface area (Å²) in [5, 5.41) is 12.0. The third-order valence-corrected chi connectivity index (χ3v) is 6.30. The number of ether oxygens (including phenoxy) is 2. The second kappa shape index (κ2) is 14.4. The summed E-state index contributed by atoms with van der Waals surface area (Å²) < 4.78 is 11.8. The maximum Gasteiger partial charge on any atom is 0.303 e. The van der Waals surface area contributed by atoms with Gasteiger partial charge in [0.2, 0.25) is 0 Å². The van der Waals surface area contributed by atoms with Crippen LogP contribution in [0.1, 0.15) is 40.7 Å². The Morgan fingerprint density at radius 1 is 0.667 bits per heavy atom. The van der Waals surface area contributed by atoms with E-state index >= 15 is 0 Å². The zero-order chi connectivity index (χ0) is 27.3. The number of aliphatic carboxylic acids is 1. The van der Waals surface area contributed by atoms with Crippen molar-refractivity contribution in [3.05, 3.63) is 120 Å². The summed E-state index contributed by atoms with van der Waals surface area (Å²) in [7, 11) is 0. The minimum absolute atomic E-state index is 0.0226. The van der Waals surface area contributed by atoms with Crippen LogP contribution in [0.15, 0.2) is 103 Å². The van der Waals surface area contributed by atoms with Gasteiger partial charge in [0.1, 0.15) is 11.5 Å². The van der Waals surface area contributed by atoms with Crippen molar-refractivity contribution in [3.8, 4) is 22.6 Å². The van der Waals surface area contributed by atoms with E-state index in [1.54, 1.807) is 12.1 Å². The molecule has 0 aliphatic rings. The lowest BCUT2D eigenvalue weighted by Gasteiger charge is -2.14. The van der Waals surface area contributed by atoms with E-state index in [0.29, 0.717) is 30.9 Å². The summed E-state index contributed by atoms with van der Waals surface area (Å²) in [6.45, 7) is 1.41. The molecule has 1 amide bonds. The number of carbonyl (C=O) groups is 2. The molecule has 0 saturated carbocycles. The fourth-order valence-corrected chi connectivity index (χ4v) is 4.17. The second-order valence-corrected chi connectivity index (χ2v) is 9.17. The predicted molar refractivity (Wildman–Crippen MR) is 152 cm³/mol. The van der Waals surface area contributed by atoms with Crippen molar-refractivity contribution >= 4 is 11.9 Å². The third-order valence-electron chi connectivity index (χ3n) is 6.30. The van der Waals surface area contributed by atoms with Crippen LogP contribution in [-0.2, 0) is 17.8 Å². The molecule has 0 atom stereocenters. The van der Waals surface area contributed by atoms with E-state index in [1.165, 1.54) is 5.56 Å². The van der Waals surface area contributed by atoms with Gasteiger partial charge in [0.25, 0.3) is 5.91 Å². The zero-order valence-corrected chi connectivity index (χ0v) is 21.8. The van der Waals surface area contributed by atoms with Crippen LogP contribution in [0.25, 0.3) is 11.1 Å². The molecule has 0 spiro atoms. The summed E-state index contributed by atoms with van der Waals surface area (Å²) in [6.07, 6.45) is 2.07. The Labute approximate surface area is 229 Å². The van der Waals surface area contributed by atoms with Gasteiger partial charge in [-0.3, -0.25) is 9.59 Å². The molecule has 0 fully saturated rings. The van der Waals surface area contributed by atoms with Crippen molar-refractivity contribution in [2.24, 2.45) is 0 Å². The van der Waals surface area contributed by atoms with E-state index in [9.17, 15) is 9.59 Å². The Morgan fingerprint density at radius 3 is 1.92 bits per heavy atom. The fraction of sp³-hybridized carbons (Fsp3) is 0.212. The molecule has 0 saturated heterocycles. The van der Waals surface area contributed by atoms with Gasteiger partial charge in [0.15, 0.2) is 0 Å². The monoisotopic (exact) mass is 523 g/mol. The first kappa shape index (κ1) is 27.5. The van der Waals surface area contributed by atoms with Crippen molar-refractivity contribution in [2.75, 3.05) is 13.2 Å². The zero-order valence-electron chi connectivity index (χ0n) is 21.8. The molecule has 4 rings (SSSR count). The van der Waals surface area contributed by atoms with E-state index < -0.39 is 5.97 Å². The number of rotatable bonds is 14. The number of amides is 1. The van der Waals surface area contributed by atoms with Gasteiger partial charge >= 0.3 is 5.97 Å². The lowest BCUT2D eigenvalue weighted by atomic mass is 10.0. The smallest absolute Gasteiger partial charge is 0.303 e. The summed E-state index contributed by atoms with van der Waals surface area (Å²) in [5.74, 6) is 0.495. The highest BCUT2D eigenvalue weighted by Crippen LogP contribution is 2.23. The molecule has 0 radical (unpaired) electrons. The number of hydrogen-bond acceptors (Lipinski definition) is 4. The normalized spacial score (nSPS) is 10.6. The summed E-state index contributed by atoms with van der Waals surface area (Å²) in [4.78, 5) is 23.6. The van der Waals surface area contributed by atoms with E-state index in [2.05, 4.69) is 29.6 Å². The molecular formula is C33H33NO5. The summed E-state index contributed by atoms with van der Waals surface area (Å²) in [6, 6.07) is 32.9. The van der Waals surface area contributed by atoms with Crippen LogP contribution in [0.4, 0.5) is 0 Å². The Morgan fingerprint density at radius 2 is 1.26 bits per heavy atom. The molecule has 200 valence electrons. The first-order chi connectivity index (χ1) is 19.1. The Balaban J connectivity index is 1.24. The average Bonchev–Trinajstić information content (AvgIpc) is 2.98. The second-order valence-electron chi connectivity index (χ2n) is 9.17. The number of aryl methyl sites for hydroxylation is 1. The van der Waals surface area contributed by atoms with E-state index in [4.69, 9.17) is 14.6 Å². The number of unbranched alkanes of at least 4 members (excludes halogenated alkanes) is 1. The molecular weight excluding hydrogens is 490 g/mol. The largest absolute Gasteiger partial charge is 0.494 e. The van der Waals surface area contributed by atoms with Gasteiger partial charge in [0.05, 0.1) is 13.2 Å². The standard InChI is InChI=1S/C33H33NO5/c35-32(36)20-16-27-15-19-31(23-29(27)24-34-33(37)28-11-5-2-6-12-28)39-22-8-7-21-38-30-17-13-26(14-18-30)25-9-3-1-4-10-25/h1-6,9-15,17-19,23H,7-8,16,20-22,24H2,(H,34,37)(H,35,36). The molecule has 39 heavy (non-hydrogen) atoms. The summed E-state index contributed by atoms with van der Waals surface area (Å²) >= 11 is 0. The maximum absolute atomic E-state index is 12.5. The fourth-order valence-electron chi connectivity index (χ4n) is 4.17. The molecule has 2 N–H and O–H groups in total. The summed E-state index contributed by atoms with van der Waals surface area (Å²) in [5.41, 5.74) is 4.64. The van der Waals surface area contributed by atoms with Crippen LogP contribution in [0.5, 0.6) is 11.5 Å². The van der Waals surface area contributed by atoms with Crippen LogP contribution in [0, 0.1) is 0 Å². The first-order valence-electron chi connectivity index (χ1n) is 13.2. The predicted octanol–water partition coefficient (Wildman–Crippen LogP) is 6.54. The number of carboxylic acids is 1. The lowest BCUT2D eigenvalue weighted by molar-refractivity contribution is -0.136. The van der Waals surface area contributed by atoms with Crippen LogP contribution in [0.3, 0.4) is 0 Å².